The largest absolute Gasteiger partial charge is 0.468 e. The molecule has 0 radical (unpaired) electrons. The van der Waals surface area contributed by atoms with Crippen LogP contribution in [0.25, 0.3) is 22.3 Å². The lowest BCUT2D eigenvalue weighted by Gasteiger charge is -2.28. The van der Waals surface area contributed by atoms with Crippen LogP contribution in [-0.2, 0) is 25.7 Å². The maximum atomic E-state index is 16.1. The fraction of sp³-hybridized carbons (Fsp3) is 0.552. The average Bonchev–Trinajstić information content (AvgIpc) is 3.61. The molecule has 1 N–H and O–H groups in total. The van der Waals surface area contributed by atoms with Gasteiger partial charge in [0.05, 0.1) is 42.7 Å². The van der Waals surface area contributed by atoms with Gasteiger partial charge >= 0.3 is 0 Å². The Balaban J connectivity index is 1.32. The number of aromatic nitrogens is 2. The SMILES string of the molecule is C[Si](C)(C)CCOCn1c(O[C@@H]2CO[C@H]3[C@@H]2OC[C@H]3O)c(F)c2nc(-c3ccc(N4CCOCC4)cc3)c(Cl)cc21. The molecule has 12 heteroatoms. The number of ether oxygens (including phenoxy) is 5. The Morgan fingerprint density at radius 2 is 1.83 bits per heavy atom. The number of rotatable bonds is 9. The van der Waals surface area contributed by atoms with Crippen LogP contribution in [0.5, 0.6) is 5.88 Å². The molecule has 6 rings (SSSR count). The van der Waals surface area contributed by atoms with E-state index in [0.29, 0.717) is 36.1 Å². The highest BCUT2D eigenvalue weighted by Gasteiger charge is 2.49. The zero-order valence-electron chi connectivity index (χ0n) is 23.6. The van der Waals surface area contributed by atoms with Crippen LogP contribution in [0, 0.1) is 5.82 Å². The predicted molar refractivity (Wildman–Crippen MR) is 157 cm³/mol. The van der Waals surface area contributed by atoms with Crippen LogP contribution in [0.1, 0.15) is 0 Å². The van der Waals surface area contributed by atoms with Crippen LogP contribution in [0.15, 0.2) is 30.3 Å². The number of halogens is 2. The van der Waals surface area contributed by atoms with Crippen LogP contribution < -0.4 is 9.64 Å². The Bertz CT molecular complexity index is 1380. The average molecular weight is 606 g/mol. The summed E-state index contributed by atoms with van der Waals surface area (Å²) in [6.07, 6.45) is -2.29. The van der Waals surface area contributed by atoms with Crippen molar-refractivity contribution in [3.05, 3.63) is 41.2 Å². The molecule has 3 fully saturated rings. The maximum absolute atomic E-state index is 16.1. The summed E-state index contributed by atoms with van der Waals surface area (Å²) in [5.74, 6) is -0.603. The fourth-order valence-corrected chi connectivity index (χ4v) is 6.51. The van der Waals surface area contributed by atoms with Gasteiger partial charge in [0.2, 0.25) is 11.7 Å². The van der Waals surface area contributed by atoms with Gasteiger partial charge in [-0.15, -0.1) is 0 Å². The van der Waals surface area contributed by atoms with Gasteiger partial charge < -0.3 is 33.7 Å². The highest BCUT2D eigenvalue weighted by atomic mass is 35.5. The van der Waals surface area contributed by atoms with E-state index in [4.69, 9.17) is 40.3 Å². The minimum Gasteiger partial charge on any atom is -0.468 e. The van der Waals surface area contributed by atoms with E-state index >= 15 is 4.39 Å². The smallest absolute Gasteiger partial charge is 0.235 e. The molecule has 0 unspecified atom stereocenters. The summed E-state index contributed by atoms with van der Waals surface area (Å²) < 4.78 is 46.9. The van der Waals surface area contributed by atoms with Crippen molar-refractivity contribution in [1.82, 2.24) is 9.55 Å². The van der Waals surface area contributed by atoms with Crippen molar-refractivity contribution in [2.45, 2.75) is 56.8 Å². The van der Waals surface area contributed by atoms with Gasteiger partial charge in [-0.3, -0.25) is 4.57 Å². The van der Waals surface area contributed by atoms with Crippen molar-refractivity contribution >= 4 is 36.4 Å². The number of hydrogen-bond donors (Lipinski definition) is 1. The second kappa shape index (κ2) is 11.8. The molecule has 3 aliphatic rings. The monoisotopic (exact) mass is 605 g/mol. The van der Waals surface area contributed by atoms with Crippen LogP contribution in [0.4, 0.5) is 10.1 Å². The van der Waals surface area contributed by atoms with Crippen molar-refractivity contribution in [3.8, 4) is 17.1 Å². The molecule has 5 heterocycles. The van der Waals surface area contributed by atoms with Crippen molar-refractivity contribution in [1.29, 1.82) is 0 Å². The number of benzene rings is 1. The molecule has 1 aromatic carbocycles. The molecule has 0 bridgehead atoms. The molecule has 222 valence electrons. The number of hydrogen-bond acceptors (Lipinski definition) is 8. The van der Waals surface area contributed by atoms with Gasteiger partial charge in [0, 0.05) is 39.0 Å². The third-order valence-electron chi connectivity index (χ3n) is 7.87. The Morgan fingerprint density at radius 3 is 2.56 bits per heavy atom. The first-order chi connectivity index (χ1) is 19.7. The van der Waals surface area contributed by atoms with E-state index < -0.39 is 38.3 Å². The lowest BCUT2D eigenvalue weighted by Crippen LogP contribution is -2.36. The van der Waals surface area contributed by atoms with E-state index in [1.54, 1.807) is 10.6 Å². The van der Waals surface area contributed by atoms with Crippen molar-refractivity contribution in [3.63, 3.8) is 0 Å². The number of nitrogens with zero attached hydrogens (tertiary/aromatic N) is 3. The summed E-state index contributed by atoms with van der Waals surface area (Å²) >= 11 is 6.77. The molecule has 41 heavy (non-hydrogen) atoms. The molecule has 9 nitrogen and oxygen atoms in total. The molecule has 0 aliphatic carbocycles. The second-order valence-electron chi connectivity index (χ2n) is 12.0. The van der Waals surface area contributed by atoms with Gasteiger partial charge in [-0.25, -0.2) is 4.98 Å². The number of aliphatic hydroxyl groups excluding tert-OH is 1. The first-order valence-corrected chi connectivity index (χ1v) is 18.3. The molecule has 2 aromatic heterocycles. The molecule has 4 atom stereocenters. The highest BCUT2D eigenvalue weighted by Crippen LogP contribution is 2.38. The Kier molecular flexibility index (Phi) is 8.30. The topological polar surface area (TPSA) is 87.4 Å². The third kappa shape index (κ3) is 5.99. The molecular formula is C29H37ClFN3O6Si. The summed E-state index contributed by atoms with van der Waals surface area (Å²) in [5, 5.41) is 10.5. The van der Waals surface area contributed by atoms with Crippen LogP contribution >= 0.6 is 11.6 Å². The van der Waals surface area contributed by atoms with Gasteiger partial charge in [0.1, 0.15) is 30.6 Å². The predicted octanol–water partition coefficient (Wildman–Crippen LogP) is 4.55. The molecule has 3 aliphatic heterocycles. The second-order valence-corrected chi connectivity index (χ2v) is 18.1. The molecule has 3 aromatic rings. The molecular weight excluding hydrogens is 569 g/mol. The van der Waals surface area contributed by atoms with E-state index in [2.05, 4.69) is 24.5 Å². The minimum absolute atomic E-state index is 0.00405. The normalized spacial score (nSPS) is 24.8. The zero-order valence-corrected chi connectivity index (χ0v) is 25.4. The molecule has 0 amide bonds. The Labute approximate surface area is 245 Å². The summed E-state index contributed by atoms with van der Waals surface area (Å²) in [6.45, 7) is 10.9. The van der Waals surface area contributed by atoms with Gasteiger partial charge in [-0.1, -0.05) is 43.4 Å². The third-order valence-corrected chi connectivity index (χ3v) is 9.86. The number of fused-ring (bicyclic) bond motifs is 2. The van der Waals surface area contributed by atoms with Crippen molar-refractivity contribution in [2.24, 2.45) is 0 Å². The highest BCUT2D eigenvalue weighted by molar-refractivity contribution is 6.76. The first kappa shape index (κ1) is 28.8. The van der Waals surface area contributed by atoms with E-state index in [1.165, 1.54) is 0 Å². The van der Waals surface area contributed by atoms with E-state index in [1.807, 2.05) is 24.3 Å². The Hall–Kier alpha value is -2.25. The minimum atomic E-state index is -1.32. The Morgan fingerprint density at radius 1 is 1.10 bits per heavy atom. The summed E-state index contributed by atoms with van der Waals surface area (Å²) in [4.78, 5) is 6.96. The first-order valence-electron chi connectivity index (χ1n) is 14.2. The van der Waals surface area contributed by atoms with E-state index in [0.717, 1.165) is 30.4 Å². The van der Waals surface area contributed by atoms with Gasteiger partial charge in [-0.2, -0.15) is 4.39 Å². The number of morpholine rings is 1. The van der Waals surface area contributed by atoms with Crippen molar-refractivity contribution in [2.75, 3.05) is 51.0 Å². The van der Waals surface area contributed by atoms with Crippen LogP contribution in [0.3, 0.4) is 0 Å². The quantitative estimate of drug-likeness (QED) is 0.281. The molecule has 0 saturated carbocycles. The molecule has 0 spiro atoms. The number of pyridine rings is 1. The summed E-state index contributed by atoms with van der Waals surface area (Å²) in [7, 11) is -1.32. The number of anilines is 1. The van der Waals surface area contributed by atoms with Crippen LogP contribution in [0.2, 0.25) is 30.7 Å². The van der Waals surface area contributed by atoms with E-state index in [-0.39, 0.29) is 31.3 Å². The lowest BCUT2D eigenvalue weighted by molar-refractivity contribution is 0.00367. The zero-order chi connectivity index (χ0) is 28.7. The van der Waals surface area contributed by atoms with Crippen molar-refractivity contribution < 1.29 is 33.2 Å². The summed E-state index contributed by atoms with van der Waals surface area (Å²) in [6, 6.07) is 10.7. The van der Waals surface area contributed by atoms with Gasteiger partial charge in [-0.05, 0) is 24.2 Å². The van der Waals surface area contributed by atoms with Gasteiger partial charge in [0.25, 0.3) is 0 Å². The molecule has 3 saturated heterocycles. The number of aliphatic hydroxyl groups is 1. The van der Waals surface area contributed by atoms with Crippen LogP contribution in [-0.4, -0.2) is 93.3 Å². The maximum Gasteiger partial charge on any atom is 0.235 e. The standard InChI is InChI=1S/C29H37ClFN3O6Si/c1-41(2,3)13-12-37-17-34-21-14-20(30)25(18-4-6-19(7-5-18)33-8-10-36-11-9-33)32-26(21)24(31)29(34)40-23-16-39-27-22(35)15-38-28(23)27/h4-7,14,22-23,27-28,35H,8-13,15-17H2,1-3H3/t22-,23-,27-,28-/m1/s1. The van der Waals surface area contributed by atoms with E-state index in [9.17, 15) is 5.11 Å². The summed E-state index contributed by atoms with van der Waals surface area (Å²) in [5.41, 5.74) is 2.99. The van der Waals surface area contributed by atoms with Gasteiger partial charge in [0.15, 0.2) is 6.10 Å². The fourth-order valence-electron chi connectivity index (χ4n) is 5.50. The lowest BCUT2D eigenvalue weighted by atomic mass is 10.1.